The number of benzene rings is 1. The zero-order chi connectivity index (χ0) is 26.8. The summed E-state index contributed by atoms with van der Waals surface area (Å²) in [4.78, 5) is 33.1. The molecule has 0 radical (unpaired) electrons. The highest BCUT2D eigenvalue weighted by atomic mass is 19.4. The minimum atomic E-state index is -5.15. The second-order valence-corrected chi connectivity index (χ2v) is 8.28. The van der Waals surface area contributed by atoms with Gasteiger partial charge in [0.05, 0.1) is 12.0 Å². The minimum Gasteiger partial charge on any atom is -0.373 e. The number of amides is 2. The van der Waals surface area contributed by atoms with Gasteiger partial charge in [-0.3, -0.25) is 9.59 Å². The number of hydrogen-bond acceptors (Lipinski definition) is 6. The number of halogens is 5. The SMILES string of the molecule is CNc1cc(CNc2ncccc2C(=O)Nc2cc3c(c(C(F)(F)CC(F)(F)F)c2)CC(=O)N3)ccn1. The third kappa shape index (κ3) is 6.11. The maximum absolute atomic E-state index is 14.7. The smallest absolute Gasteiger partial charge is 0.373 e. The van der Waals surface area contributed by atoms with Crippen LogP contribution in [0.2, 0.25) is 0 Å². The Kier molecular flexibility index (Phi) is 6.96. The molecule has 2 amide bonds. The zero-order valence-electron chi connectivity index (χ0n) is 19.3. The van der Waals surface area contributed by atoms with Crippen molar-refractivity contribution in [3.63, 3.8) is 0 Å². The molecule has 3 heterocycles. The van der Waals surface area contributed by atoms with Crippen LogP contribution in [-0.4, -0.2) is 35.0 Å². The number of nitrogens with zero attached hydrogens (tertiary/aromatic N) is 2. The lowest BCUT2D eigenvalue weighted by molar-refractivity contribution is -0.191. The molecule has 4 N–H and O–H groups in total. The van der Waals surface area contributed by atoms with Crippen molar-refractivity contribution in [2.45, 2.75) is 31.5 Å². The van der Waals surface area contributed by atoms with Crippen LogP contribution < -0.4 is 21.3 Å². The molecule has 1 aliphatic rings. The number of fused-ring (bicyclic) bond motifs is 1. The lowest BCUT2D eigenvalue weighted by Crippen LogP contribution is -2.25. The zero-order valence-corrected chi connectivity index (χ0v) is 19.3. The molecule has 0 spiro atoms. The Bertz CT molecular complexity index is 1350. The fourth-order valence-electron chi connectivity index (χ4n) is 3.91. The second kappa shape index (κ2) is 9.99. The normalized spacial score (nSPS) is 13.1. The van der Waals surface area contributed by atoms with Crippen molar-refractivity contribution in [2.75, 3.05) is 28.3 Å². The van der Waals surface area contributed by atoms with Crippen molar-refractivity contribution >= 4 is 34.8 Å². The molecule has 0 saturated heterocycles. The number of nitrogens with one attached hydrogen (secondary N) is 4. The van der Waals surface area contributed by atoms with Crippen LogP contribution in [0.15, 0.2) is 48.8 Å². The van der Waals surface area contributed by atoms with E-state index >= 15 is 0 Å². The average molecular weight is 520 g/mol. The summed E-state index contributed by atoms with van der Waals surface area (Å²) in [6, 6.07) is 8.49. The topological polar surface area (TPSA) is 108 Å². The molecule has 1 aliphatic heterocycles. The van der Waals surface area contributed by atoms with E-state index in [1.165, 1.54) is 24.4 Å². The maximum atomic E-state index is 14.7. The monoisotopic (exact) mass is 520 g/mol. The number of carbonyl (C=O) groups excluding carboxylic acids is 2. The molecule has 1 aromatic carbocycles. The van der Waals surface area contributed by atoms with E-state index in [-0.39, 0.29) is 34.9 Å². The summed E-state index contributed by atoms with van der Waals surface area (Å²) in [7, 11) is 1.72. The number of carbonyl (C=O) groups is 2. The van der Waals surface area contributed by atoms with Gasteiger partial charge in [0, 0.05) is 42.9 Å². The molecule has 0 fully saturated rings. The van der Waals surface area contributed by atoms with Crippen LogP contribution in [0.25, 0.3) is 0 Å². The van der Waals surface area contributed by atoms with Crippen LogP contribution in [0, 0.1) is 0 Å². The lowest BCUT2D eigenvalue weighted by Gasteiger charge is -2.22. The second-order valence-electron chi connectivity index (χ2n) is 8.28. The molecule has 0 unspecified atom stereocenters. The van der Waals surface area contributed by atoms with Gasteiger partial charge in [0.1, 0.15) is 18.1 Å². The number of anilines is 4. The Morgan fingerprint density at radius 2 is 1.86 bits per heavy atom. The molecular formula is C24H21F5N6O2. The van der Waals surface area contributed by atoms with Gasteiger partial charge in [0.25, 0.3) is 11.8 Å². The first-order chi connectivity index (χ1) is 17.4. The molecule has 194 valence electrons. The predicted molar refractivity (Wildman–Crippen MR) is 127 cm³/mol. The van der Waals surface area contributed by atoms with Crippen molar-refractivity contribution in [1.29, 1.82) is 0 Å². The van der Waals surface area contributed by atoms with Gasteiger partial charge < -0.3 is 21.3 Å². The summed E-state index contributed by atoms with van der Waals surface area (Å²) >= 11 is 0. The Morgan fingerprint density at radius 3 is 2.59 bits per heavy atom. The van der Waals surface area contributed by atoms with Gasteiger partial charge in [0.15, 0.2) is 0 Å². The molecule has 0 aliphatic carbocycles. The highest BCUT2D eigenvalue weighted by molar-refractivity contribution is 6.08. The summed E-state index contributed by atoms with van der Waals surface area (Å²) in [5, 5.41) is 10.7. The fourth-order valence-corrected chi connectivity index (χ4v) is 3.91. The van der Waals surface area contributed by atoms with Gasteiger partial charge in [-0.05, 0) is 47.5 Å². The van der Waals surface area contributed by atoms with Crippen LogP contribution in [0.1, 0.15) is 33.5 Å². The van der Waals surface area contributed by atoms with Crippen molar-refractivity contribution in [2.24, 2.45) is 0 Å². The van der Waals surface area contributed by atoms with Crippen molar-refractivity contribution in [1.82, 2.24) is 9.97 Å². The van der Waals surface area contributed by atoms with Crippen LogP contribution in [0.5, 0.6) is 0 Å². The predicted octanol–water partition coefficient (Wildman–Crippen LogP) is 4.92. The number of pyridine rings is 2. The van der Waals surface area contributed by atoms with E-state index in [2.05, 4.69) is 31.2 Å². The molecule has 4 rings (SSSR count). The van der Waals surface area contributed by atoms with E-state index in [1.807, 2.05) is 0 Å². The molecule has 37 heavy (non-hydrogen) atoms. The lowest BCUT2D eigenvalue weighted by atomic mass is 9.96. The average Bonchev–Trinajstić information content (AvgIpc) is 3.20. The fraction of sp³-hybridized carbons (Fsp3) is 0.250. The molecule has 0 bridgehead atoms. The molecule has 13 heteroatoms. The Hall–Kier alpha value is -4.29. The Labute approximate surface area is 207 Å². The van der Waals surface area contributed by atoms with Crippen LogP contribution in [-0.2, 0) is 23.7 Å². The van der Waals surface area contributed by atoms with E-state index in [1.54, 1.807) is 25.4 Å². The molecule has 0 saturated carbocycles. The van der Waals surface area contributed by atoms with Crippen molar-refractivity contribution in [3.05, 3.63) is 71.0 Å². The van der Waals surface area contributed by atoms with Crippen molar-refractivity contribution < 1.29 is 31.5 Å². The Morgan fingerprint density at radius 1 is 1.08 bits per heavy atom. The van der Waals surface area contributed by atoms with E-state index in [9.17, 15) is 31.5 Å². The van der Waals surface area contributed by atoms with E-state index < -0.39 is 42.3 Å². The van der Waals surface area contributed by atoms with Crippen molar-refractivity contribution in [3.8, 4) is 0 Å². The Balaban J connectivity index is 1.59. The standard InChI is InChI=1S/C24H21F5N6O2/c1-30-19-7-13(4-6-31-19)11-33-21-15(3-2-5-32-21)22(37)34-14-8-17(23(25,26)12-24(27,28)29)16-10-20(36)35-18(16)9-14/h2-9H,10-12H2,1H3,(H,30,31)(H,32,33)(H,34,37)(H,35,36). The third-order valence-electron chi connectivity index (χ3n) is 5.53. The van der Waals surface area contributed by atoms with Crippen LogP contribution in [0.3, 0.4) is 0 Å². The van der Waals surface area contributed by atoms with E-state index in [0.29, 0.717) is 5.82 Å². The number of rotatable bonds is 8. The van der Waals surface area contributed by atoms with E-state index in [0.717, 1.165) is 11.6 Å². The van der Waals surface area contributed by atoms with Gasteiger partial charge in [-0.25, -0.2) is 18.7 Å². The molecular weight excluding hydrogens is 499 g/mol. The first-order valence-electron chi connectivity index (χ1n) is 11.0. The molecule has 3 aromatic rings. The van der Waals surface area contributed by atoms with Gasteiger partial charge in [-0.1, -0.05) is 0 Å². The summed E-state index contributed by atoms with van der Waals surface area (Å²) in [6.07, 6.45) is -4.99. The highest BCUT2D eigenvalue weighted by Crippen LogP contribution is 2.44. The number of hydrogen-bond donors (Lipinski definition) is 4. The van der Waals surface area contributed by atoms with Gasteiger partial charge in [-0.2, -0.15) is 13.2 Å². The van der Waals surface area contributed by atoms with Crippen LogP contribution in [0.4, 0.5) is 45.0 Å². The summed E-state index contributed by atoms with van der Waals surface area (Å²) in [5.74, 6) is -4.86. The third-order valence-corrected chi connectivity index (χ3v) is 5.53. The maximum Gasteiger partial charge on any atom is 0.395 e. The quantitative estimate of drug-likeness (QED) is 0.314. The minimum absolute atomic E-state index is 0.0681. The van der Waals surface area contributed by atoms with Crippen LogP contribution >= 0.6 is 0 Å². The van der Waals surface area contributed by atoms with E-state index in [4.69, 9.17) is 0 Å². The highest BCUT2D eigenvalue weighted by Gasteiger charge is 2.47. The van der Waals surface area contributed by atoms with Gasteiger partial charge in [-0.15, -0.1) is 0 Å². The van der Waals surface area contributed by atoms with Gasteiger partial charge >= 0.3 is 6.18 Å². The summed E-state index contributed by atoms with van der Waals surface area (Å²) in [5.41, 5.74) is -0.591. The largest absolute Gasteiger partial charge is 0.395 e. The summed E-state index contributed by atoms with van der Waals surface area (Å²) in [6.45, 7) is 0.285. The first kappa shape index (κ1) is 25.8. The number of alkyl halides is 5. The molecule has 0 atom stereocenters. The first-order valence-corrected chi connectivity index (χ1v) is 11.0. The molecule has 2 aromatic heterocycles. The molecule has 8 nitrogen and oxygen atoms in total. The van der Waals surface area contributed by atoms with Gasteiger partial charge in [0.2, 0.25) is 5.91 Å². The number of aromatic nitrogens is 2. The summed E-state index contributed by atoms with van der Waals surface area (Å²) < 4.78 is 67.8.